The zero-order valence-electron chi connectivity index (χ0n) is 10.2. The number of nitrogens with zero attached hydrogens (tertiary/aromatic N) is 2. The highest BCUT2D eigenvalue weighted by Crippen LogP contribution is 2.35. The third-order valence-corrected chi connectivity index (χ3v) is 3.01. The number of ether oxygens (including phenoxy) is 2. The molecule has 1 aromatic rings. The van der Waals surface area contributed by atoms with E-state index in [9.17, 15) is 13.6 Å². The van der Waals surface area contributed by atoms with Crippen molar-refractivity contribution in [1.82, 2.24) is 9.78 Å². The molecule has 0 amide bonds. The molecular formula is C11H14F2N2O3. The Morgan fingerprint density at radius 2 is 2.22 bits per heavy atom. The summed E-state index contributed by atoms with van der Waals surface area (Å²) in [6.45, 7) is -1.11. The summed E-state index contributed by atoms with van der Waals surface area (Å²) < 4.78 is 34.7. The van der Waals surface area contributed by atoms with Crippen molar-refractivity contribution in [3.8, 4) is 5.88 Å². The van der Waals surface area contributed by atoms with Crippen molar-refractivity contribution < 1.29 is 23.0 Å². The quantitative estimate of drug-likeness (QED) is 0.778. The number of hydrogen-bond donors (Lipinski definition) is 0. The average molecular weight is 260 g/mol. The minimum atomic E-state index is -2.95. The van der Waals surface area contributed by atoms with Gasteiger partial charge in [-0.2, -0.15) is 13.9 Å². The van der Waals surface area contributed by atoms with Crippen molar-refractivity contribution in [2.45, 2.75) is 38.4 Å². The molecular weight excluding hydrogens is 246 g/mol. The smallest absolute Gasteiger partial charge is 0.388 e. The molecule has 0 spiro atoms. The van der Waals surface area contributed by atoms with Crippen molar-refractivity contribution in [2.24, 2.45) is 7.05 Å². The number of rotatable bonds is 4. The standard InChI is InChI=1S/C11H14F2N2O3/c1-11(4-3-5-11)18-9(16)7-6-8(15(2)14-7)17-10(12)13/h6,10H,3-5H2,1-2H3. The Hall–Kier alpha value is -1.66. The molecule has 0 unspecified atom stereocenters. The minimum absolute atomic E-state index is 0.0266. The van der Waals surface area contributed by atoms with Gasteiger partial charge in [-0.15, -0.1) is 0 Å². The van der Waals surface area contributed by atoms with Gasteiger partial charge in [0.05, 0.1) is 0 Å². The van der Waals surface area contributed by atoms with E-state index in [-0.39, 0.29) is 11.6 Å². The number of carbonyl (C=O) groups is 1. The molecule has 1 fully saturated rings. The van der Waals surface area contributed by atoms with Gasteiger partial charge in [-0.1, -0.05) is 0 Å². The van der Waals surface area contributed by atoms with Crippen LogP contribution in [-0.2, 0) is 11.8 Å². The van der Waals surface area contributed by atoms with Crippen LogP contribution in [0.5, 0.6) is 5.88 Å². The number of halogens is 2. The minimum Gasteiger partial charge on any atom is -0.455 e. The molecule has 18 heavy (non-hydrogen) atoms. The summed E-state index contributed by atoms with van der Waals surface area (Å²) >= 11 is 0. The van der Waals surface area contributed by atoms with Gasteiger partial charge in [0.25, 0.3) is 0 Å². The van der Waals surface area contributed by atoms with Gasteiger partial charge < -0.3 is 9.47 Å². The SMILES string of the molecule is Cn1nc(C(=O)OC2(C)CCC2)cc1OC(F)F. The Morgan fingerprint density at radius 3 is 2.72 bits per heavy atom. The molecule has 1 aliphatic carbocycles. The van der Waals surface area contributed by atoms with E-state index < -0.39 is 18.2 Å². The summed E-state index contributed by atoms with van der Waals surface area (Å²) in [4.78, 5) is 11.8. The first-order valence-corrected chi connectivity index (χ1v) is 5.62. The molecule has 7 heteroatoms. The summed E-state index contributed by atoms with van der Waals surface area (Å²) in [7, 11) is 1.42. The van der Waals surface area contributed by atoms with Crippen molar-refractivity contribution in [3.63, 3.8) is 0 Å². The summed E-state index contributed by atoms with van der Waals surface area (Å²) in [5.74, 6) is -0.785. The Labute approximate surface area is 103 Å². The lowest BCUT2D eigenvalue weighted by Crippen LogP contribution is -2.38. The summed E-state index contributed by atoms with van der Waals surface area (Å²) in [6.07, 6.45) is 2.64. The molecule has 2 rings (SSSR count). The van der Waals surface area contributed by atoms with E-state index in [1.807, 2.05) is 6.92 Å². The van der Waals surface area contributed by atoms with Crippen molar-refractivity contribution in [3.05, 3.63) is 11.8 Å². The Bertz CT molecular complexity index is 455. The molecule has 100 valence electrons. The fraction of sp³-hybridized carbons (Fsp3) is 0.636. The molecule has 5 nitrogen and oxygen atoms in total. The molecule has 0 atom stereocenters. The Morgan fingerprint density at radius 1 is 1.56 bits per heavy atom. The van der Waals surface area contributed by atoms with Crippen LogP contribution in [0.2, 0.25) is 0 Å². The molecule has 0 aliphatic heterocycles. The lowest BCUT2D eigenvalue weighted by molar-refractivity contribution is -0.0555. The molecule has 0 bridgehead atoms. The molecule has 0 radical (unpaired) electrons. The van der Waals surface area contributed by atoms with Crippen LogP contribution in [0.1, 0.15) is 36.7 Å². The third kappa shape index (κ3) is 2.60. The zero-order chi connectivity index (χ0) is 13.3. The first kappa shape index (κ1) is 12.8. The van der Waals surface area contributed by atoms with Crippen LogP contribution in [0.4, 0.5) is 8.78 Å². The topological polar surface area (TPSA) is 53.4 Å². The van der Waals surface area contributed by atoms with E-state index in [1.165, 1.54) is 7.05 Å². The number of esters is 1. The Kier molecular flexibility index (Phi) is 3.23. The maximum Gasteiger partial charge on any atom is 0.388 e. The van der Waals surface area contributed by atoms with Crippen LogP contribution in [-0.4, -0.2) is 28.0 Å². The van der Waals surface area contributed by atoms with Crippen LogP contribution in [0.3, 0.4) is 0 Å². The highest BCUT2D eigenvalue weighted by atomic mass is 19.3. The molecule has 1 heterocycles. The van der Waals surface area contributed by atoms with Crippen molar-refractivity contribution in [1.29, 1.82) is 0 Å². The van der Waals surface area contributed by atoms with Crippen LogP contribution < -0.4 is 4.74 Å². The predicted octanol–water partition coefficient (Wildman–Crippen LogP) is 2.12. The van der Waals surface area contributed by atoms with Gasteiger partial charge in [0.2, 0.25) is 5.88 Å². The second-order valence-corrected chi connectivity index (χ2v) is 4.56. The van der Waals surface area contributed by atoms with Crippen molar-refractivity contribution >= 4 is 5.97 Å². The van der Waals surface area contributed by atoms with Crippen LogP contribution in [0.15, 0.2) is 6.07 Å². The predicted molar refractivity (Wildman–Crippen MR) is 57.5 cm³/mol. The van der Waals surface area contributed by atoms with Gasteiger partial charge in [-0.25, -0.2) is 9.48 Å². The number of aromatic nitrogens is 2. The maximum atomic E-state index is 12.1. The Balaban J connectivity index is 2.06. The molecule has 0 aromatic carbocycles. The van der Waals surface area contributed by atoms with Crippen LogP contribution in [0, 0.1) is 0 Å². The van der Waals surface area contributed by atoms with E-state index in [0.29, 0.717) is 0 Å². The molecule has 1 aromatic heterocycles. The number of hydrogen-bond acceptors (Lipinski definition) is 4. The first-order chi connectivity index (χ1) is 8.39. The lowest BCUT2D eigenvalue weighted by Gasteiger charge is -2.37. The number of carbonyl (C=O) groups excluding carboxylic acids is 1. The number of alkyl halides is 2. The highest BCUT2D eigenvalue weighted by Gasteiger charge is 2.36. The van der Waals surface area contributed by atoms with E-state index in [1.54, 1.807) is 0 Å². The molecule has 1 aliphatic rings. The summed E-state index contributed by atoms with van der Waals surface area (Å²) in [5.41, 5.74) is -0.473. The second-order valence-electron chi connectivity index (χ2n) is 4.56. The van der Waals surface area contributed by atoms with Gasteiger partial charge in [-0.3, -0.25) is 0 Å². The normalized spacial score (nSPS) is 17.4. The first-order valence-electron chi connectivity index (χ1n) is 5.62. The van der Waals surface area contributed by atoms with Gasteiger partial charge in [0.1, 0.15) is 5.60 Å². The molecule has 0 saturated heterocycles. The highest BCUT2D eigenvalue weighted by molar-refractivity contribution is 5.88. The van der Waals surface area contributed by atoms with Crippen molar-refractivity contribution in [2.75, 3.05) is 0 Å². The maximum absolute atomic E-state index is 12.1. The summed E-state index contributed by atoms with van der Waals surface area (Å²) in [5, 5.41) is 3.79. The van der Waals surface area contributed by atoms with Gasteiger partial charge in [0, 0.05) is 13.1 Å². The molecule has 1 saturated carbocycles. The zero-order valence-corrected chi connectivity index (χ0v) is 10.2. The van der Waals surface area contributed by atoms with Gasteiger partial charge in [0.15, 0.2) is 5.69 Å². The summed E-state index contributed by atoms with van der Waals surface area (Å²) in [6, 6.07) is 1.15. The van der Waals surface area contributed by atoms with E-state index >= 15 is 0 Å². The van der Waals surface area contributed by atoms with E-state index in [4.69, 9.17) is 4.74 Å². The van der Waals surface area contributed by atoms with Gasteiger partial charge >= 0.3 is 12.6 Å². The van der Waals surface area contributed by atoms with Gasteiger partial charge in [-0.05, 0) is 26.2 Å². The average Bonchev–Trinajstić information content (AvgIpc) is 2.57. The monoisotopic (exact) mass is 260 g/mol. The third-order valence-electron chi connectivity index (χ3n) is 3.01. The van der Waals surface area contributed by atoms with Crippen LogP contribution in [0.25, 0.3) is 0 Å². The van der Waals surface area contributed by atoms with E-state index in [2.05, 4.69) is 9.84 Å². The largest absolute Gasteiger partial charge is 0.455 e. The lowest BCUT2D eigenvalue weighted by atomic mass is 9.82. The van der Waals surface area contributed by atoms with Crippen LogP contribution >= 0.6 is 0 Å². The number of aryl methyl sites for hydroxylation is 1. The second kappa shape index (κ2) is 4.55. The molecule has 0 N–H and O–H groups in total. The van der Waals surface area contributed by atoms with E-state index in [0.717, 1.165) is 30.0 Å². The fourth-order valence-corrected chi connectivity index (χ4v) is 1.80. The fourth-order valence-electron chi connectivity index (χ4n) is 1.80.